The van der Waals surface area contributed by atoms with E-state index < -0.39 is 0 Å². The van der Waals surface area contributed by atoms with E-state index in [1.807, 2.05) is 30.3 Å². The van der Waals surface area contributed by atoms with Crippen LogP contribution in [0.4, 0.5) is 0 Å². The normalized spacial score (nSPS) is 17.9. The summed E-state index contributed by atoms with van der Waals surface area (Å²) in [4.78, 5) is 4.39. The highest BCUT2D eigenvalue weighted by molar-refractivity contribution is 5.81. The second-order valence-electron chi connectivity index (χ2n) is 4.97. The van der Waals surface area contributed by atoms with Crippen molar-refractivity contribution in [3.8, 4) is 0 Å². The average Bonchev–Trinajstić information content (AvgIpc) is 2.33. The first-order chi connectivity index (χ1) is 8.34. The summed E-state index contributed by atoms with van der Waals surface area (Å²) in [6.45, 7) is 0. The average molecular weight is 227 g/mol. The van der Waals surface area contributed by atoms with Crippen LogP contribution in [0.2, 0.25) is 0 Å². The molecule has 1 heterocycles. The molecule has 1 aliphatic carbocycles. The maximum Gasteiger partial charge on any atom is 0.0813 e. The molecule has 17 heavy (non-hydrogen) atoms. The van der Waals surface area contributed by atoms with Crippen molar-refractivity contribution in [2.45, 2.75) is 31.8 Å². The van der Waals surface area contributed by atoms with Crippen molar-refractivity contribution >= 4 is 10.9 Å². The molecule has 0 saturated heterocycles. The minimum absolute atomic E-state index is 0.362. The van der Waals surface area contributed by atoms with Crippen molar-refractivity contribution in [3.63, 3.8) is 0 Å². The number of pyridine rings is 1. The molecule has 1 aromatic heterocycles. The van der Waals surface area contributed by atoms with Crippen molar-refractivity contribution in [2.75, 3.05) is 0 Å². The van der Waals surface area contributed by atoms with Crippen LogP contribution in [0, 0.1) is 5.92 Å². The second-order valence-corrected chi connectivity index (χ2v) is 4.97. The van der Waals surface area contributed by atoms with Gasteiger partial charge in [0.15, 0.2) is 0 Å². The van der Waals surface area contributed by atoms with Crippen LogP contribution in [0.5, 0.6) is 0 Å². The van der Waals surface area contributed by atoms with Gasteiger partial charge in [-0.25, -0.2) is 0 Å². The molecule has 0 spiro atoms. The Bertz CT molecular complexity index is 514. The monoisotopic (exact) mass is 227 g/mol. The van der Waals surface area contributed by atoms with Gasteiger partial charge in [-0.2, -0.15) is 0 Å². The molecule has 1 atom stereocenters. The molecule has 0 amide bonds. The van der Waals surface area contributed by atoms with Gasteiger partial charge in [-0.3, -0.25) is 4.98 Å². The molecule has 2 heteroatoms. The SMILES string of the molecule is OC(CC1CCC1)c1cccc2cccnc12. The summed E-state index contributed by atoms with van der Waals surface area (Å²) in [5.41, 5.74) is 1.93. The summed E-state index contributed by atoms with van der Waals surface area (Å²) >= 11 is 0. The van der Waals surface area contributed by atoms with E-state index in [9.17, 15) is 5.11 Å². The van der Waals surface area contributed by atoms with Crippen molar-refractivity contribution in [1.82, 2.24) is 4.98 Å². The number of aliphatic hydroxyl groups excluding tert-OH is 1. The molecule has 3 rings (SSSR count). The van der Waals surface area contributed by atoms with E-state index in [1.165, 1.54) is 19.3 Å². The fourth-order valence-corrected chi connectivity index (χ4v) is 2.57. The second kappa shape index (κ2) is 4.46. The van der Waals surface area contributed by atoms with Crippen molar-refractivity contribution in [3.05, 3.63) is 42.1 Å². The Morgan fingerprint density at radius 1 is 1.24 bits per heavy atom. The van der Waals surface area contributed by atoms with Crippen LogP contribution < -0.4 is 0 Å². The molecule has 0 radical (unpaired) electrons. The van der Waals surface area contributed by atoms with Crippen molar-refractivity contribution < 1.29 is 5.11 Å². The number of hydrogen-bond acceptors (Lipinski definition) is 2. The van der Waals surface area contributed by atoms with E-state index >= 15 is 0 Å². The first-order valence-corrected chi connectivity index (χ1v) is 6.36. The Morgan fingerprint density at radius 3 is 2.82 bits per heavy atom. The molecular formula is C15H17NO. The van der Waals surface area contributed by atoms with Gasteiger partial charge in [-0.05, 0) is 18.4 Å². The van der Waals surface area contributed by atoms with E-state index in [-0.39, 0.29) is 6.10 Å². The summed E-state index contributed by atoms with van der Waals surface area (Å²) in [5.74, 6) is 0.712. The molecule has 1 N–H and O–H groups in total. The number of aliphatic hydroxyl groups is 1. The Kier molecular flexibility index (Phi) is 2.81. The number of para-hydroxylation sites is 1. The lowest BCUT2D eigenvalue weighted by Gasteiger charge is -2.27. The van der Waals surface area contributed by atoms with E-state index in [4.69, 9.17) is 0 Å². The lowest BCUT2D eigenvalue weighted by Crippen LogP contribution is -2.15. The van der Waals surface area contributed by atoms with E-state index in [0.29, 0.717) is 5.92 Å². The summed E-state index contributed by atoms with van der Waals surface area (Å²) in [6.07, 6.45) is 6.19. The van der Waals surface area contributed by atoms with Crippen LogP contribution >= 0.6 is 0 Å². The molecule has 1 fully saturated rings. The zero-order valence-corrected chi connectivity index (χ0v) is 9.84. The Hall–Kier alpha value is -1.41. The minimum atomic E-state index is -0.362. The Labute approximate surface area is 101 Å². The highest BCUT2D eigenvalue weighted by atomic mass is 16.3. The topological polar surface area (TPSA) is 33.1 Å². The summed E-state index contributed by atoms with van der Waals surface area (Å²) < 4.78 is 0. The maximum atomic E-state index is 10.3. The van der Waals surface area contributed by atoms with Crippen LogP contribution in [-0.4, -0.2) is 10.1 Å². The smallest absolute Gasteiger partial charge is 0.0813 e. The number of benzene rings is 1. The zero-order valence-electron chi connectivity index (χ0n) is 9.84. The van der Waals surface area contributed by atoms with Crippen LogP contribution in [-0.2, 0) is 0 Å². The Morgan fingerprint density at radius 2 is 2.06 bits per heavy atom. The zero-order chi connectivity index (χ0) is 11.7. The minimum Gasteiger partial charge on any atom is -0.388 e. The third-order valence-corrected chi connectivity index (χ3v) is 3.80. The van der Waals surface area contributed by atoms with Crippen LogP contribution in [0.15, 0.2) is 36.5 Å². The van der Waals surface area contributed by atoms with Gasteiger partial charge in [0.05, 0.1) is 11.6 Å². The standard InChI is InChI=1S/C15H17NO/c17-14(10-11-4-1-5-11)13-8-2-6-12-7-3-9-16-15(12)13/h2-3,6-9,11,14,17H,1,4-5,10H2. The van der Waals surface area contributed by atoms with Gasteiger partial charge < -0.3 is 5.11 Å². The Balaban J connectivity index is 1.92. The molecule has 1 aliphatic rings. The van der Waals surface area contributed by atoms with Gasteiger partial charge in [0.1, 0.15) is 0 Å². The predicted molar refractivity (Wildman–Crippen MR) is 68.7 cm³/mol. The summed E-state index contributed by atoms with van der Waals surface area (Å²) in [6, 6.07) is 10.0. The number of fused-ring (bicyclic) bond motifs is 1. The fourth-order valence-electron chi connectivity index (χ4n) is 2.57. The van der Waals surface area contributed by atoms with Gasteiger partial charge >= 0.3 is 0 Å². The molecule has 1 saturated carbocycles. The fraction of sp³-hybridized carbons (Fsp3) is 0.400. The summed E-state index contributed by atoms with van der Waals surface area (Å²) in [7, 11) is 0. The van der Waals surface area contributed by atoms with Crippen LogP contribution in [0.25, 0.3) is 10.9 Å². The lowest BCUT2D eigenvalue weighted by molar-refractivity contribution is 0.119. The molecule has 88 valence electrons. The molecule has 0 aliphatic heterocycles. The predicted octanol–water partition coefficient (Wildman–Crippen LogP) is 3.46. The van der Waals surface area contributed by atoms with Gasteiger partial charge in [0.25, 0.3) is 0 Å². The van der Waals surface area contributed by atoms with Crippen LogP contribution in [0.3, 0.4) is 0 Å². The van der Waals surface area contributed by atoms with Crippen molar-refractivity contribution in [1.29, 1.82) is 0 Å². The maximum absolute atomic E-state index is 10.3. The molecule has 2 aromatic rings. The lowest BCUT2D eigenvalue weighted by atomic mass is 9.80. The largest absolute Gasteiger partial charge is 0.388 e. The first kappa shape index (κ1) is 10.7. The van der Waals surface area contributed by atoms with E-state index in [0.717, 1.165) is 22.9 Å². The first-order valence-electron chi connectivity index (χ1n) is 6.36. The molecule has 0 bridgehead atoms. The summed E-state index contributed by atoms with van der Waals surface area (Å²) in [5, 5.41) is 11.4. The molecule has 2 nitrogen and oxygen atoms in total. The van der Waals surface area contributed by atoms with Gasteiger partial charge in [-0.15, -0.1) is 0 Å². The van der Waals surface area contributed by atoms with E-state index in [1.54, 1.807) is 6.20 Å². The molecular weight excluding hydrogens is 210 g/mol. The molecule has 1 aromatic carbocycles. The highest BCUT2D eigenvalue weighted by Crippen LogP contribution is 2.35. The number of nitrogens with zero attached hydrogens (tertiary/aromatic N) is 1. The third-order valence-electron chi connectivity index (χ3n) is 3.80. The number of rotatable bonds is 3. The molecule has 1 unspecified atom stereocenters. The van der Waals surface area contributed by atoms with Crippen LogP contribution in [0.1, 0.15) is 37.4 Å². The number of hydrogen-bond donors (Lipinski definition) is 1. The van der Waals surface area contributed by atoms with Crippen molar-refractivity contribution in [2.24, 2.45) is 5.92 Å². The number of aromatic nitrogens is 1. The van der Waals surface area contributed by atoms with Gasteiger partial charge in [-0.1, -0.05) is 43.5 Å². The van der Waals surface area contributed by atoms with E-state index in [2.05, 4.69) is 4.98 Å². The van der Waals surface area contributed by atoms with Gasteiger partial charge in [0.2, 0.25) is 0 Å². The quantitative estimate of drug-likeness (QED) is 0.871. The highest BCUT2D eigenvalue weighted by Gasteiger charge is 2.22. The third kappa shape index (κ3) is 2.05. The van der Waals surface area contributed by atoms with Gasteiger partial charge in [0, 0.05) is 17.1 Å².